The van der Waals surface area contributed by atoms with Gasteiger partial charge in [0.05, 0.1) is 13.3 Å². The molecular weight excluding hydrogens is 245 g/mol. The zero-order chi connectivity index (χ0) is 13.2. The van der Waals surface area contributed by atoms with E-state index in [1.165, 1.54) is 7.11 Å². The molecule has 2 aromatic rings. The summed E-state index contributed by atoms with van der Waals surface area (Å²) in [5.41, 5.74) is 0.738. The van der Waals surface area contributed by atoms with E-state index in [1.54, 1.807) is 16.9 Å². The van der Waals surface area contributed by atoms with Crippen molar-refractivity contribution in [2.45, 2.75) is 25.6 Å². The van der Waals surface area contributed by atoms with Gasteiger partial charge in [0.25, 0.3) is 0 Å². The number of halogens is 3. The van der Waals surface area contributed by atoms with Crippen molar-refractivity contribution in [3.63, 3.8) is 0 Å². The third-order valence-corrected chi connectivity index (χ3v) is 2.67. The molecule has 0 aliphatic carbocycles. The molecule has 1 aromatic carbocycles. The fraction of sp³-hybridized carbons (Fsp3) is 0.417. The van der Waals surface area contributed by atoms with Gasteiger partial charge in [-0.3, -0.25) is 4.68 Å². The fourth-order valence-electron chi connectivity index (χ4n) is 1.87. The molecule has 6 heteroatoms. The summed E-state index contributed by atoms with van der Waals surface area (Å²) >= 11 is 0. The van der Waals surface area contributed by atoms with Crippen LogP contribution in [0.25, 0.3) is 10.9 Å². The van der Waals surface area contributed by atoms with Gasteiger partial charge in [0, 0.05) is 18.4 Å². The van der Waals surface area contributed by atoms with Gasteiger partial charge < -0.3 is 4.74 Å². The molecule has 3 nitrogen and oxygen atoms in total. The minimum absolute atomic E-state index is 0.0122. The Labute approximate surface area is 102 Å². The number of aryl methyl sites for hydroxylation is 1. The fourth-order valence-corrected chi connectivity index (χ4v) is 1.87. The Morgan fingerprint density at radius 3 is 2.78 bits per heavy atom. The average Bonchev–Trinajstić information content (AvgIpc) is 2.71. The van der Waals surface area contributed by atoms with Crippen molar-refractivity contribution >= 4 is 10.9 Å². The molecule has 2 rings (SSSR count). The Morgan fingerprint density at radius 1 is 1.33 bits per heavy atom. The second-order valence-electron chi connectivity index (χ2n) is 3.98. The van der Waals surface area contributed by atoms with Gasteiger partial charge in [0.1, 0.15) is 11.3 Å². The Hall–Kier alpha value is -1.72. The third kappa shape index (κ3) is 2.75. The van der Waals surface area contributed by atoms with Crippen LogP contribution in [-0.4, -0.2) is 23.1 Å². The molecule has 0 fully saturated rings. The highest BCUT2D eigenvalue weighted by atomic mass is 19.4. The van der Waals surface area contributed by atoms with Gasteiger partial charge in [-0.05, 0) is 12.5 Å². The SMILES string of the molecule is COc1cccc2cnn(CCCC(F)(F)F)c12. The lowest BCUT2D eigenvalue weighted by atomic mass is 10.2. The van der Waals surface area contributed by atoms with Crippen LogP contribution < -0.4 is 4.74 Å². The van der Waals surface area contributed by atoms with E-state index in [0.717, 1.165) is 10.9 Å². The second-order valence-corrected chi connectivity index (χ2v) is 3.98. The van der Waals surface area contributed by atoms with E-state index in [0.29, 0.717) is 5.75 Å². The number of ether oxygens (including phenoxy) is 1. The van der Waals surface area contributed by atoms with Crippen molar-refractivity contribution in [1.82, 2.24) is 9.78 Å². The highest BCUT2D eigenvalue weighted by molar-refractivity contribution is 5.84. The molecule has 0 radical (unpaired) electrons. The van der Waals surface area contributed by atoms with Crippen LogP contribution in [0.5, 0.6) is 5.75 Å². The number of hydrogen-bond acceptors (Lipinski definition) is 2. The van der Waals surface area contributed by atoms with Crippen LogP contribution in [0.4, 0.5) is 13.2 Å². The van der Waals surface area contributed by atoms with Crippen LogP contribution in [0.2, 0.25) is 0 Å². The maximum absolute atomic E-state index is 12.1. The summed E-state index contributed by atoms with van der Waals surface area (Å²) in [6, 6.07) is 5.44. The standard InChI is InChI=1S/C12H13F3N2O/c1-18-10-5-2-4-9-8-16-17(11(9)10)7-3-6-12(13,14)15/h2,4-5,8H,3,6-7H2,1H3. The van der Waals surface area contributed by atoms with Crippen molar-refractivity contribution in [3.8, 4) is 5.75 Å². The second kappa shape index (κ2) is 4.88. The lowest BCUT2D eigenvalue weighted by Gasteiger charge is -2.08. The van der Waals surface area contributed by atoms with Gasteiger partial charge in [-0.25, -0.2) is 0 Å². The zero-order valence-electron chi connectivity index (χ0n) is 9.87. The van der Waals surface area contributed by atoms with Gasteiger partial charge in [0.15, 0.2) is 0 Å². The number of hydrogen-bond donors (Lipinski definition) is 0. The van der Waals surface area contributed by atoms with Gasteiger partial charge in [0.2, 0.25) is 0 Å². The first kappa shape index (κ1) is 12.7. The predicted octanol–water partition coefficient (Wildman–Crippen LogP) is 3.39. The van der Waals surface area contributed by atoms with Crippen LogP contribution in [0.15, 0.2) is 24.4 Å². The first-order valence-electron chi connectivity index (χ1n) is 5.56. The highest BCUT2D eigenvalue weighted by Crippen LogP contribution is 2.26. The summed E-state index contributed by atoms with van der Waals surface area (Å²) in [5.74, 6) is 0.622. The van der Waals surface area contributed by atoms with Gasteiger partial charge >= 0.3 is 6.18 Å². The Balaban J connectivity index is 2.18. The van der Waals surface area contributed by atoms with Crippen LogP contribution >= 0.6 is 0 Å². The van der Waals surface area contributed by atoms with E-state index in [2.05, 4.69) is 5.10 Å². The Bertz CT molecular complexity index is 534. The molecule has 0 N–H and O–H groups in total. The largest absolute Gasteiger partial charge is 0.494 e. The molecule has 0 aliphatic rings. The van der Waals surface area contributed by atoms with Crippen molar-refractivity contribution in [2.75, 3.05) is 7.11 Å². The molecular formula is C12H13F3N2O. The Morgan fingerprint density at radius 2 is 2.11 bits per heavy atom. The maximum atomic E-state index is 12.1. The smallest absolute Gasteiger partial charge is 0.389 e. The topological polar surface area (TPSA) is 27.1 Å². The van der Waals surface area contributed by atoms with Gasteiger partial charge in [-0.15, -0.1) is 0 Å². The maximum Gasteiger partial charge on any atom is 0.389 e. The molecule has 0 saturated heterocycles. The van der Waals surface area contributed by atoms with Gasteiger partial charge in [-0.1, -0.05) is 12.1 Å². The molecule has 1 heterocycles. The number of para-hydroxylation sites is 1. The number of methoxy groups -OCH3 is 1. The normalized spacial score (nSPS) is 12.0. The third-order valence-electron chi connectivity index (χ3n) is 2.67. The molecule has 1 aromatic heterocycles. The van der Waals surface area contributed by atoms with Crippen LogP contribution in [-0.2, 0) is 6.54 Å². The van der Waals surface area contributed by atoms with Gasteiger partial charge in [-0.2, -0.15) is 18.3 Å². The number of aromatic nitrogens is 2. The first-order valence-corrected chi connectivity index (χ1v) is 5.56. The first-order chi connectivity index (χ1) is 8.51. The van der Waals surface area contributed by atoms with Crippen molar-refractivity contribution in [2.24, 2.45) is 0 Å². The number of fused-ring (bicyclic) bond motifs is 1. The summed E-state index contributed by atoms with van der Waals surface area (Å²) in [5, 5.41) is 4.96. The van der Waals surface area contributed by atoms with E-state index in [4.69, 9.17) is 4.74 Å². The molecule has 98 valence electrons. The molecule has 0 saturated carbocycles. The molecule has 0 aliphatic heterocycles. The molecule has 18 heavy (non-hydrogen) atoms. The lowest BCUT2D eigenvalue weighted by Crippen LogP contribution is -2.10. The molecule has 0 atom stereocenters. The summed E-state index contributed by atoms with van der Waals surface area (Å²) in [6.07, 6.45) is -3.28. The predicted molar refractivity (Wildman–Crippen MR) is 61.6 cm³/mol. The molecule has 0 bridgehead atoms. The van der Waals surface area contributed by atoms with Crippen molar-refractivity contribution in [1.29, 1.82) is 0 Å². The van der Waals surface area contributed by atoms with Crippen LogP contribution in [0.3, 0.4) is 0 Å². The zero-order valence-corrected chi connectivity index (χ0v) is 9.87. The van der Waals surface area contributed by atoms with Crippen molar-refractivity contribution in [3.05, 3.63) is 24.4 Å². The van der Waals surface area contributed by atoms with E-state index < -0.39 is 12.6 Å². The number of benzene rings is 1. The van der Waals surface area contributed by atoms with E-state index in [-0.39, 0.29) is 13.0 Å². The quantitative estimate of drug-likeness (QED) is 0.840. The highest BCUT2D eigenvalue weighted by Gasteiger charge is 2.26. The minimum atomic E-state index is -4.12. The summed E-state index contributed by atoms with van der Waals surface area (Å²) in [6.45, 7) is 0.226. The lowest BCUT2D eigenvalue weighted by molar-refractivity contribution is -0.135. The van der Waals surface area contributed by atoms with E-state index in [9.17, 15) is 13.2 Å². The van der Waals surface area contributed by atoms with Crippen LogP contribution in [0, 0.1) is 0 Å². The average molecular weight is 258 g/mol. The molecule has 0 unspecified atom stereocenters. The number of rotatable bonds is 4. The minimum Gasteiger partial charge on any atom is -0.494 e. The van der Waals surface area contributed by atoms with E-state index >= 15 is 0 Å². The molecule has 0 spiro atoms. The molecule has 0 amide bonds. The summed E-state index contributed by atoms with van der Waals surface area (Å²) < 4.78 is 43.0. The summed E-state index contributed by atoms with van der Waals surface area (Å²) in [4.78, 5) is 0. The van der Waals surface area contributed by atoms with Crippen molar-refractivity contribution < 1.29 is 17.9 Å². The van der Waals surface area contributed by atoms with E-state index in [1.807, 2.05) is 12.1 Å². The number of nitrogens with zero attached hydrogens (tertiary/aromatic N) is 2. The monoisotopic (exact) mass is 258 g/mol. The Kier molecular flexibility index (Phi) is 3.45. The summed E-state index contributed by atoms with van der Waals surface area (Å²) in [7, 11) is 1.53. The van der Waals surface area contributed by atoms with Crippen LogP contribution in [0.1, 0.15) is 12.8 Å². The number of alkyl halides is 3.